The summed E-state index contributed by atoms with van der Waals surface area (Å²) in [5, 5.41) is 3.80. The van der Waals surface area contributed by atoms with Crippen molar-refractivity contribution < 1.29 is 4.74 Å². The van der Waals surface area contributed by atoms with Crippen LogP contribution >= 0.6 is 0 Å². The largest absolute Gasteiger partial charge is 0.497 e. The molecule has 3 nitrogen and oxygen atoms in total. The van der Waals surface area contributed by atoms with E-state index in [0.717, 1.165) is 18.7 Å². The van der Waals surface area contributed by atoms with Gasteiger partial charge in [-0.2, -0.15) is 0 Å². The summed E-state index contributed by atoms with van der Waals surface area (Å²) in [4.78, 5) is 2.54. The molecular formula is C17H26N2O. The van der Waals surface area contributed by atoms with E-state index in [2.05, 4.69) is 42.4 Å². The highest BCUT2D eigenvalue weighted by Crippen LogP contribution is 2.40. The van der Waals surface area contributed by atoms with Crippen LogP contribution < -0.4 is 10.1 Å². The van der Waals surface area contributed by atoms with E-state index >= 15 is 0 Å². The minimum Gasteiger partial charge on any atom is -0.497 e. The fourth-order valence-electron chi connectivity index (χ4n) is 3.91. The van der Waals surface area contributed by atoms with Crippen LogP contribution in [0.15, 0.2) is 18.2 Å². The van der Waals surface area contributed by atoms with Gasteiger partial charge in [-0.1, -0.05) is 13.0 Å². The second-order valence-corrected chi connectivity index (χ2v) is 6.19. The normalized spacial score (nSPS) is 29.1. The maximum Gasteiger partial charge on any atom is 0.119 e. The van der Waals surface area contributed by atoms with Gasteiger partial charge in [0, 0.05) is 18.0 Å². The minimum atomic E-state index is 0.591. The molecule has 3 rings (SSSR count). The number of fused-ring (bicyclic) bond motifs is 4. The summed E-state index contributed by atoms with van der Waals surface area (Å²) in [5.74, 6) is 1.64. The van der Waals surface area contributed by atoms with E-state index in [1.54, 1.807) is 7.11 Å². The molecule has 0 saturated carbocycles. The van der Waals surface area contributed by atoms with Crippen LogP contribution in [0.3, 0.4) is 0 Å². The van der Waals surface area contributed by atoms with E-state index in [-0.39, 0.29) is 0 Å². The summed E-state index contributed by atoms with van der Waals surface area (Å²) in [6.07, 6.45) is 3.60. The molecule has 1 aromatic carbocycles. The van der Waals surface area contributed by atoms with Crippen molar-refractivity contribution in [3.63, 3.8) is 0 Å². The maximum absolute atomic E-state index is 5.42. The molecule has 1 saturated heterocycles. The molecule has 0 aromatic heterocycles. The van der Waals surface area contributed by atoms with Crippen molar-refractivity contribution in [3.8, 4) is 5.75 Å². The van der Waals surface area contributed by atoms with Gasteiger partial charge in [-0.15, -0.1) is 0 Å². The number of hydrogen-bond acceptors (Lipinski definition) is 3. The summed E-state index contributed by atoms with van der Waals surface area (Å²) in [7, 11) is 4.03. The molecule has 0 unspecified atom stereocenters. The van der Waals surface area contributed by atoms with Gasteiger partial charge in [0.15, 0.2) is 0 Å². The second-order valence-electron chi connectivity index (χ2n) is 6.19. The Hall–Kier alpha value is -1.06. The Morgan fingerprint density at radius 1 is 1.40 bits per heavy atom. The van der Waals surface area contributed by atoms with Gasteiger partial charge in [0.05, 0.1) is 7.11 Å². The lowest BCUT2D eigenvalue weighted by Crippen LogP contribution is -2.59. The number of ether oxygens (including phenoxy) is 1. The number of hydrogen-bond donors (Lipinski definition) is 1. The van der Waals surface area contributed by atoms with Crippen LogP contribution in [0.25, 0.3) is 0 Å². The summed E-state index contributed by atoms with van der Waals surface area (Å²) in [6.45, 7) is 4.56. The zero-order chi connectivity index (χ0) is 14.1. The van der Waals surface area contributed by atoms with E-state index < -0.39 is 0 Å². The van der Waals surface area contributed by atoms with Gasteiger partial charge in [-0.3, -0.25) is 0 Å². The van der Waals surface area contributed by atoms with Gasteiger partial charge >= 0.3 is 0 Å². The maximum atomic E-state index is 5.42. The standard InChI is InChI=1S/C17H26N2O/c1-4-8-18-17-14-7-9-19(2)16(17)10-12-5-6-13(20-3)11-15(12)14/h5-6,11,14,16-18H,4,7-10H2,1-3H3/t14-,16+,17-/m0/s1. The molecule has 1 aromatic rings. The number of piperidine rings is 1. The lowest BCUT2D eigenvalue weighted by molar-refractivity contribution is 0.112. The van der Waals surface area contributed by atoms with E-state index in [1.165, 1.54) is 30.5 Å². The van der Waals surface area contributed by atoms with E-state index in [9.17, 15) is 0 Å². The molecule has 1 N–H and O–H groups in total. The summed E-state index contributed by atoms with van der Waals surface area (Å²) >= 11 is 0. The zero-order valence-corrected chi connectivity index (χ0v) is 12.9. The predicted molar refractivity (Wildman–Crippen MR) is 82.6 cm³/mol. The number of nitrogens with one attached hydrogen (secondary N) is 1. The Balaban J connectivity index is 1.94. The van der Waals surface area contributed by atoms with Crippen LogP contribution in [0.4, 0.5) is 0 Å². The first-order chi connectivity index (χ1) is 9.74. The first-order valence-electron chi connectivity index (χ1n) is 7.85. The number of likely N-dealkylation sites (N-methyl/N-ethyl adjacent to an activating group) is 1. The molecule has 0 amide bonds. The van der Waals surface area contributed by atoms with Gasteiger partial charge in [-0.05, 0) is 62.7 Å². The fraction of sp³-hybridized carbons (Fsp3) is 0.647. The first kappa shape index (κ1) is 13.9. The van der Waals surface area contributed by atoms with E-state index in [0.29, 0.717) is 18.0 Å². The summed E-state index contributed by atoms with van der Waals surface area (Å²) in [5.41, 5.74) is 3.03. The number of likely N-dealkylation sites (tertiary alicyclic amines) is 1. The van der Waals surface area contributed by atoms with Gasteiger partial charge < -0.3 is 15.0 Å². The van der Waals surface area contributed by atoms with Crippen LogP contribution in [0.2, 0.25) is 0 Å². The molecular weight excluding hydrogens is 248 g/mol. The topological polar surface area (TPSA) is 24.5 Å². The molecule has 1 fully saturated rings. The minimum absolute atomic E-state index is 0.591. The molecule has 2 bridgehead atoms. The third kappa shape index (κ3) is 2.33. The van der Waals surface area contributed by atoms with Crippen molar-refractivity contribution in [1.82, 2.24) is 10.2 Å². The van der Waals surface area contributed by atoms with Crippen molar-refractivity contribution >= 4 is 0 Å². The second kappa shape index (κ2) is 5.74. The fourth-order valence-corrected chi connectivity index (χ4v) is 3.91. The van der Waals surface area contributed by atoms with Crippen molar-refractivity contribution in [2.24, 2.45) is 0 Å². The van der Waals surface area contributed by atoms with Crippen molar-refractivity contribution in [2.45, 2.75) is 44.2 Å². The molecule has 0 radical (unpaired) electrons. The third-order valence-corrected chi connectivity index (χ3v) is 5.02. The van der Waals surface area contributed by atoms with E-state index in [4.69, 9.17) is 4.74 Å². The van der Waals surface area contributed by atoms with Gasteiger partial charge in [0.2, 0.25) is 0 Å². The average Bonchev–Trinajstić information content (AvgIpc) is 2.48. The number of methoxy groups -OCH3 is 1. The van der Waals surface area contributed by atoms with Crippen LogP contribution in [0.5, 0.6) is 5.75 Å². The Kier molecular flexibility index (Phi) is 3.99. The SMILES string of the molecule is CCCN[C@@H]1[C@H]2Cc3ccc(OC)cc3[C@@H]1CCN2C. The van der Waals surface area contributed by atoms with Crippen molar-refractivity contribution in [3.05, 3.63) is 29.3 Å². The Morgan fingerprint density at radius 3 is 3.00 bits per heavy atom. The number of rotatable bonds is 4. The molecule has 3 heteroatoms. The van der Waals surface area contributed by atoms with E-state index in [1.807, 2.05) is 0 Å². The lowest BCUT2D eigenvalue weighted by Gasteiger charge is -2.49. The van der Waals surface area contributed by atoms with Crippen LogP contribution in [0.1, 0.15) is 36.8 Å². The molecule has 1 aliphatic heterocycles. The Morgan fingerprint density at radius 2 is 2.25 bits per heavy atom. The summed E-state index contributed by atoms with van der Waals surface area (Å²) in [6, 6.07) is 7.87. The first-order valence-corrected chi connectivity index (χ1v) is 7.85. The third-order valence-electron chi connectivity index (χ3n) is 5.02. The van der Waals surface area contributed by atoms with Gasteiger partial charge in [-0.25, -0.2) is 0 Å². The van der Waals surface area contributed by atoms with Gasteiger partial charge in [0.25, 0.3) is 0 Å². The highest BCUT2D eigenvalue weighted by Gasteiger charge is 2.41. The smallest absolute Gasteiger partial charge is 0.119 e. The zero-order valence-electron chi connectivity index (χ0n) is 12.9. The molecule has 1 heterocycles. The molecule has 0 spiro atoms. The van der Waals surface area contributed by atoms with Crippen LogP contribution in [0, 0.1) is 0 Å². The number of nitrogens with zero attached hydrogens (tertiary/aromatic N) is 1. The summed E-state index contributed by atoms with van der Waals surface area (Å²) < 4.78 is 5.42. The molecule has 20 heavy (non-hydrogen) atoms. The van der Waals surface area contributed by atoms with Gasteiger partial charge in [0.1, 0.15) is 5.75 Å². The quantitative estimate of drug-likeness (QED) is 0.912. The highest BCUT2D eigenvalue weighted by atomic mass is 16.5. The predicted octanol–water partition coefficient (Wildman–Crippen LogP) is 2.41. The Labute approximate surface area is 122 Å². The monoisotopic (exact) mass is 274 g/mol. The highest BCUT2D eigenvalue weighted by molar-refractivity contribution is 5.42. The molecule has 2 aliphatic rings. The average molecular weight is 274 g/mol. The van der Waals surface area contributed by atoms with Crippen molar-refractivity contribution in [2.75, 3.05) is 27.2 Å². The number of benzene rings is 1. The van der Waals surface area contributed by atoms with Crippen LogP contribution in [-0.4, -0.2) is 44.2 Å². The Bertz CT molecular complexity index is 474. The molecule has 3 atom stereocenters. The molecule has 110 valence electrons. The lowest BCUT2D eigenvalue weighted by atomic mass is 9.71. The van der Waals surface area contributed by atoms with Crippen molar-refractivity contribution in [1.29, 1.82) is 0 Å². The molecule has 1 aliphatic carbocycles. The van der Waals surface area contributed by atoms with Crippen LogP contribution in [-0.2, 0) is 6.42 Å².